The molecule has 9 nitrogen and oxygen atoms in total. The summed E-state index contributed by atoms with van der Waals surface area (Å²) >= 11 is 0. The van der Waals surface area contributed by atoms with Gasteiger partial charge in [-0.3, -0.25) is 19.7 Å². The van der Waals surface area contributed by atoms with Crippen molar-refractivity contribution < 1.29 is 24.0 Å². The van der Waals surface area contributed by atoms with E-state index in [0.717, 1.165) is 36.8 Å². The van der Waals surface area contributed by atoms with Crippen molar-refractivity contribution in [2.75, 3.05) is 13.7 Å². The number of nitro benzene ring substituents is 1. The number of benzene rings is 2. The van der Waals surface area contributed by atoms with E-state index in [1.165, 1.54) is 25.3 Å². The lowest BCUT2D eigenvalue weighted by atomic mass is 10.1. The van der Waals surface area contributed by atoms with Gasteiger partial charge in [-0.15, -0.1) is 0 Å². The Labute approximate surface area is 205 Å². The van der Waals surface area contributed by atoms with E-state index in [1.807, 2.05) is 38.1 Å². The van der Waals surface area contributed by atoms with Crippen molar-refractivity contribution in [3.63, 3.8) is 0 Å². The normalized spacial score (nSPS) is 14.3. The van der Waals surface area contributed by atoms with Gasteiger partial charge in [-0.05, 0) is 43.4 Å². The van der Waals surface area contributed by atoms with Crippen molar-refractivity contribution in [1.82, 2.24) is 10.2 Å². The first kappa shape index (κ1) is 26.0. The second kappa shape index (κ2) is 12.2. The van der Waals surface area contributed by atoms with Crippen molar-refractivity contribution in [3.05, 3.63) is 63.7 Å². The van der Waals surface area contributed by atoms with Crippen molar-refractivity contribution >= 4 is 17.5 Å². The molecule has 1 aliphatic rings. The molecule has 188 valence electrons. The number of nitro groups is 1. The summed E-state index contributed by atoms with van der Waals surface area (Å²) in [4.78, 5) is 38.7. The fourth-order valence-corrected chi connectivity index (χ4v) is 4.38. The summed E-state index contributed by atoms with van der Waals surface area (Å²) < 4.78 is 10.8. The molecule has 3 rings (SSSR count). The van der Waals surface area contributed by atoms with Crippen LogP contribution in [0.15, 0.2) is 42.5 Å². The van der Waals surface area contributed by atoms with Crippen molar-refractivity contribution in [2.45, 2.75) is 64.6 Å². The molecule has 1 aliphatic carbocycles. The molecule has 9 heteroatoms. The Morgan fingerprint density at radius 2 is 1.91 bits per heavy atom. The van der Waals surface area contributed by atoms with E-state index in [-0.39, 0.29) is 48.2 Å². The van der Waals surface area contributed by atoms with E-state index in [2.05, 4.69) is 5.32 Å². The van der Waals surface area contributed by atoms with Crippen LogP contribution in [0.3, 0.4) is 0 Å². The van der Waals surface area contributed by atoms with Gasteiger partial charge in [0.2, 0.25) is 11.7 Å². The molecule has 2 amide bonds. The molecule has 0 radical (unpaired) electrons. The molecule has 2 aromatic rings. The van der Waals surface area contributed by atoms with E-state index >= 15 is 0 Å². The molecule has 0 unspecified atom stereocenters. The summed E-state index contributed by atoms with van der Waals surface area (Å²) in [6.45, 7) is 3.81. The predicted octanol–water partition coefficient (Wildman–Crippen LogP) is 4.16. The summed E-state index contributed by atoms with van der Waals surface area (Å²) in [5, 5.41) is 14.2. The van der Waals surface area contributed by atoms with E-state index in [1.54, 1.807) is 4.90 Å². The van der Waals surface area contributed by atoms with Gasteiger partial charge in [0.25, 0.3) is 5.91 Å². The van der Waals surface area contributed by atoms with Gasteiger partial charge in [-0.25, -0.2) is 0 Å². The van der Waals surface area contributed by atoms with Crippen molar-refractivity contribution in [2.24, 2.45) is 0 Å². The molecule has 2 aromatic carbocycles. The fraction of sp³-hybridized carbons (Fsp3) is 0.462. The molecule has 35 heavy (non-hydrogen) atoms. The second-order valence-electron chi connectivity index (χ2n) is 8.74. The number of nitrogens with zero attached hydrogens (tertiary/aromatic N) is 2. The largest absolute Gasteiger partial charge is 0.490 e. The number of hydrogen-bond donors (Lipinski definition) is 1. The number of nitrogens with one attached hydrogen (secondary N) is 1. The Morgan fingerprint density at radius 3 is 2.54 bits per heavy atom. The fourth-order valence-electron chi connectivity index (χ4n) is 4.38. The quantitative estimate of drug-likeness (QED) is 0.380. The van der Waals surface area contributed by atoms with Gasteiger partial charge in [-0.1, -0.05) is 44.0 Å². The van der Waals surface area contributed by atoms with Crippen molar-refractivity contribution in [1.29, 1.82) is 0 Å². The highest BCUT2D eigenvalue weighted by Crippen LogP contribution is 2.31. The van der Waals surface area contributed by atoms with Gasteiger partial charge in [0.15, 0.2) is 6.61 Å². The zero-order valence-electron chi connectivity index (χ0n) is 20.5. The molecule has 1 atom stereocenters. The lowest BCUT2D eigenvalue weighted by Crippen LogP contribution is -2.52. The molecule has 0 spiro atoms. The monoisotopic (exact) mass is 483 g/mol. The first-order chi connectivity index (χ1) is 16.8. The minimum Gasteiger partial charge on any atom is -0.490 e. The maximum absolute atomic E-state index is 13.4. The second-order valence-corrected chi connectivity index (χ2v) is 8.74. The van der Waals surface area contributed by atoms with Crippen LogP contribution in [0.2, 0.25) is 0 Å². The molecular formula is C26H33N3O6. The molecule has 1 N–H and O–H groups in total. The van der Waals surface area contributed by atoms with Crippen LogP contribution >= 0.6 is 0 Å². The first-order valence-electron chi connectivity index (χ1n) is 11.9. The van der Waals surface area contributed by atoms with Crippen LogP contribution in [0.5, 0.6) is 11.5 Å². The lowest BCUT2D eigenvalue weighted by molar-refractivity contribution is -0.385. The van der Waals surface area contributed by atoms with E-state index < -0.39 is 11.0 Å². The molecule has 1 saturated carbocycles. The van der Waals surface area contributed by atoms with Gasteiger partial charge >= 0.3 is 5.69 Å². The zero-order valence-corrected chi connectivity index (χ0v) is 20.5. The SMILES string of the molecule is CC[C@H](C(=O)NC1CCCC1)N(Cc1ccccc1C)C(=O)COc1ccc([N+](=O)[O-])c(OC)c1. The summed E-state index contributed by atoms with van der Waals surface area (Å²) in [5.41, 5.74) is 1.78. The third kappa shape index (κ3) is 6.71. The Hall–Kier alpha value is -3.62. The van der Waals surface area contributed by atoms with Gasteiger partial charge in [0.1, 0.15) is 11.8 Å². The third-order valence-electron chi connectivity index (χ3n) is 6.40. The molecule has 0 saturated heterocycles. The minimum absolute atomic E-state index is 0.0408. The smallest absolute Gasteiger partial charge is 0.311 e. The Bertz CT molecular complexity index is 1050. The van der Waals surface area contributed by atoms with E-state index in [9.17, 15) is 19.7 Å². The predicted molar refractivity (Wildman–Crippen MR) is 131 cm³/mol. The zero-order chi connectivity index (χ0) is 25.4. The summed E-state index contributed by atoms with van der Waals surface area (Å²) in [5.74, 6) is -0.198. The lowest BCUT2D eigenvalue weighted by Gasteiger charge is -2.32. The molecular weight excluding hydrogens is 450 g/mol. The standard InChI is InChI=1S/C26H33N3O6/c1-4-22(26(31)27-20-11-7-8-12-20)28(16-19-10-6-5-9-18(19)2)25(30)17-35-21-13-14-23(29(32)33)24(15-21)34-3/h5-6,9-10,13-15,20,22H,4,7-8,11-12,16-17H2,1-3H3,(H,27,31)/t22-/m1/s1. The van der Waals surface area contributed by atoms with Crippen LogP contribution in [0.1, 0.15) is 50.2 Å². The molecule has 1 fully saturated rings. The maximum atomic E-state index is 13.4. The number of carbonyl (C=O) groups is 2. The average molecular weight is 484 g/mol. The van der Waals surface area contributed by atoms with Gasteiger partial charge in [-0.2, -0.15) is 0 Å². The number of aryl methyl sites for hydroxylation is 1. The molecule has 0 aromatic heterocycles. The van der Waals surface area contributed by atoms with Gasteiger partial charge < -0.3 is 19.7 Å². The highest BCUT2D eigenvalue weighted by molar-refractivity contribution is 5.88. The number of hydrogen-bond acceptors (Lipinski definition) is 6. The van der Waals surface area contributed by atoms with E-state index in [4.69, 9.17) is 9.47 Å². The Balaban J connectivity index is 1.79. The van der Waals surface area contributed by atoms with Gasteiger partial charge in [0.05, 0.1) is 12.0 Å². The van der Waals surface area contributed by atoms with Crippen LogP contribution < -0.4 is 14.8 Å². The topological polar surface area (TPSA) is 111 Å². The molecule has 0 aliphatic heterocycles. The number of methoxy groups -OCH3 is 1. The summed E-state index contributed by atoms with van der Waals surface area (Å²) in [6.07, 6.45) is 4.57. The number of amides is 2. The molecule has 0 heterocycles. The number of carbonyl (C=O) groups excluding carboxylic acids is 2. The highest BCUT2D eigenvalue weighted by atomic mass is 16.6. The molecule has 0 bridgehead atoms. The summed E-state index contributed by atoms with van der Waals surface area (Å²) in [7, 11) is 1.33. The van der Waals surface area contributed by atoms with E-state index in [0.29, 0.717) is 6.42 Å². The van der Waals surface area contributed by atoms with Crippen LogP contribution in [0, 0.1) is 17.0 Å². The first-order valence-corrected chi connectivity index (χ1v) is 11.9. The highest BCUT2D eigenvalue weighted by Gasteiger charge is 2.31. The van der Waals surface area contributed by atoms with Crippen LogP contribution in [0.4, 0.5) is 5.69 Å². The number of ether oxygens (including phenoxy) is 2. The minimum atomic E-state index is -0.641. The number of rotatable bonds is 11. The Kier molecular flexibility index (Phi) is 9.05. The van der Waals surface area contributed by atoms with Crippen LogP contribution in [-0.4, -0.2) is 47.4 Å². The summed E-state index contributed by atoms with van der Waals surface area (Å²) in [6, 6.07) is 11.3. The van der Waals surface area contributed by atoms with Crippen LogP contribution in [0.25, 0.3) is 0 Å². The van der Waals surface area contributed by atoms with Crippen molar-refractivity contribution in [3.8, 4) is 11.5 Å². The van der Waals surface area contributed by atoms with Gasteiger partial charge in [0, 0.05) is 24.7 Å². The van der Waals surface area contributed by atoms with Crippen LogP contribution in [-0.2, 0) is 16.1 Å². The maximum Gasteiger partial charge on any atom is 0.311 e. The Morgan fingerprint density at radius 1 is 1.20 bits per heavy atom. The third-order valence-corrected chi connectivity index (χ3v) is 6.40. The average Bonchev–Trinajstić information content (AvgIpc) is 3.36.